The highest BCUT2D eigenvalue weighted by Gasteiger charge is 2.48. The molecule has 0 aromatic rings. The van der Waals surface area contributed by atoms with Gasteiger partial charge in [0.15, 0.2) is 0 Å². The number of carbonyl (C=O) groups excluding carboxylic acids is 3. The quantitative estimate of drug-likeness (QED) is 0.775. The molecule has 110 valence electrons. The van der Waals surface area contributed by atoms with Crippen LogP contribution in [-0.4, -0.2) is 41.9 Å². The van der Waals surface area contributed by atoms with Crippen LogP contribution in [0.15, 0.2) is 0 Å². The van der Waals surface area contributed by atoms with Crippen molar-refractivity contribution in [2.75, 3.05) is 13.1 Å². The summed E-state index contributed by atoms with van der Waals surface area (Å²) in [6, 6.07) is 0. The largest absolute Gasteiger partial charge is 0.446 e. The Morgan fingerprint density at radius 2 is 1.70 bits per heavy atom. The number of likely N-dealkylation sites (tertiary alicyclic amines) is 1. The Morgan fingerprint density at radius 1 is 1.10 bits per heavy atom. The molecule has 6 nitrogen and oxygen atoms in total. The van der Waals surface area contributed by atoms with Crippen molar-refractivity contribution < 1.29 is 19.1 Å². The van der Waals surface area contributed by atoms with E-state index in [1.165, 1.54) is 0 Å². The van der Waals surface area contributed by atoms with Crippen LogP contribution in [0.3, 0.4) is 0 Å². The van der Waals surface area contributed by atoms with E-state index < -0.39 is 6.09 Å². The van der Waals surface area contributed by atoms with E-state index in [0.717, 1.165) is 38.5 Å². The highest BCUT2D eigenvalue weighted by atomic mass is 16.6. The molecule has 0 radical (unpaired) electrons. The van der Waals surface area contributed by atoms with Crippen LogP contribution in [0.2, 0.25) is 0 Å². The normalized spacial score (nSPS) is 25.1. The maximum absolute atomic E-state index is 12.0. The predicted octanol–water partition coefficient (Wildman–Crippen LogP) is 0.832. The minimum Gasteiger partial charge on any atom is -0.446 e. The van der Waals surface area contributed by atoms with E-state index >= 15 is 0 Å². The second-order valence-electron chi connectivity index (χ2n) is 6.40. The molecule has 3 fully saturated rings. The summed E-state index contributed by atoms with van der Waals surface area (Å²) in [6.07, 6.45) is 4.38. The second-order valence-corrected chi connectivity index (χ2v) is 6.40. The minimum atomic E-state index is -0.715. The molecule has 0 unspecified atom stereocenters. The van der Waals surface area contributed by atoms with Crippen LogP contribution in [0.5, 0.6) is 0 Å². The van der Waals surface area contributed by atoms with E-state index in [-0.39, 0.29) is 29.1 Å². The van der Waals surface area contributed by atoms with Crippen molar-refractivity contribution in [3.63, 3.8) is 0 Å². The summed E-state index contributed by atoms with van der Waals surface area (Å²) in [7, 11) is 0. The maximum atomic E-state index is 12.0. The lowest BCUT2D eigenvalue weighted by molar-refractivity contribution is -0.149. The number of piperidine rings is 1. The van der Waals surface area contributed by atoms with Gasteiger partial charge in [-0.2, -0.15) is 0 Å². The number of rotatable bonds is 3. The molecule has 3 aliphatic rings. The third kappa shape index (κ3) is 2.51. The Hall–Kier alpha value is -1.59. The van der Waals surface area contributed by atoms with Gasteiger partial charge in [-0.15, -0.1) is 0 Å². The minimum absolute atomic E-state index is 0.00423. The molecule has 2 saturated carbocycles. The van der Waals surface area contributed by atoms with Crippen molar-refractivity contribution >= 4 is 17.8 Å². The lowest BCUT2D eigenvalue weighted by Gasteiger charge is -2.51. The van der Waals surface area contributed by atoms with Gasteiger partial charge in [-0.25, -0.2) is 4.79 Å². The first kappa shape index (κ1) is 13.4. The van der Waals surface area contributed by atoms with Crippen molar-refractivity contribution in [3.8, 4) is 0 Å². The van der Waals surface area contributed by atoms with Crippen molar-refractivity contribution in [1.82, 2.24) is 4.90 Å². The molecular formula is C14H20N2O4. The van der Waals surface area contributed by atoms with Gasteiger partial charge in [0.2, 0.25) is 5.78 Å². The van der Waals surface area contributed by atoms with Crippen LogP contribution in [0.25, 0.3) is 0 Å². The van der Waals surface area contributed by atoms with Crippen LogP contribution in [-0.2, 0) is 14.3 Å². The second kappa shape index (κ2) is 4.75. The van der Waals surface area contributed by atoms with E-state index in [1.54, 1.807) is 4.90 Å². The first-order valence-electron chi connectivity index (χ1n) is 7.28. The molecule has 0 aromatic carbocycles. The maximum Gasteiger partial charge on any atom is 0.404 e. The van der Waals surface area contributed by atoms with Gasteiger partial charge in [-0.05, 0) is 43.9 Å². The monoisotopic (exact) mass is 280 g/mol. The molecule has 1 aliphatic heterocycles. The van der Waals surface area contributed by atoms with Gasteiger partial charge in [-0.3, -0.25) is 9.59 Å². The zero-order chi connectivity index (χ0) is 14.3. The Morgan fingerprint density at radius 3 is 2.20 bits per heavy atom. The smallest absolute Gasteiger partial charge is 0.404 e. The summed E-state index contributed by atoms with van der Waals surface area (Å²) in [5, 5.41) is 0. The lowest BCUT2D eigenvalue weighted by atomic mass is 9.61. The fourth-order valence-corrected chi connectivity index (χ4v) is 3.42. The Kier molecular flexibility index (Phi) is 3.18. The number of hydrogen-bond donors (Lipinski definition) is 1. The standard InChI is InChI=1S/C14H20N2O4/c15-13(19)20-10-7-14(8-10)3-5-16(6-4-14)12(18)11(17)9-1-2-9/h9-10H,1-8H2,(H2,15,19). The van der Waals surface area contributed by atoms with Gasteiger partial charge in [-0.1, -0.05) is 0 Å². The molecule has 0 atom stereocenters. The number of primary amides is 1. The Bertz CT molecular complexity index is 442. The summed E-state index contributed by atoms with van der Waals surface area (Å²) < 4.78 is 4.97. The SMILES string of the molecule is NC(=O)OC1CC2(CCN(C(=O)C(=O)C3CC3)CC2)C1. The lowest BCUT2D eigenvalue weighted by Crippen LogP contribution is -2.52. The van der Waals surface area contributed by atoms with Gasteiger partial charge in [0.25, 0.3) is 5.91 Å². The summed E-state index contributed by atoms with van der Waals surface area (Å²) in [6.45, 7) is 1.28. The first-order chi connectivity index (χ1) is 9.49. The van der Waals surface area contributed by atoms with Crippen LogP contribution >= 0.6 is 0 Å². The molecule has 6 heteroatoms. The molecule has 2 aliphatic carbocycles. The van der Waals surface area contributed by atoms with Crippen molar-refractivity contribution in [3.05, 3.63) is 0 Å². The Balaban J connectivity index is 1.47. The molecule has 2 amide bonds. The topological polar surface area (TPSA) is 89.7 Å². The number of amides is 2. The first-order valence-corrected chi connectivity index (χ1v) is 7.28. The molecule has 20 heavy (non-hydrogen) atoms. The summed E-state index contributed by atoms with van der Waals surface area (Å²) in [4.78, 5) is 36.1. The zero-order valence-electron chi connectivity index (χ0n) is 11.5. The summed E-state index contributed by atoms with van der Waals surface area (Å²) in [5.74, 6) is -0.508. The molecule has 2 N–H and O–H groups in total. The van der Waals surface area contributed by atoms with Crippen LogP contribution < -0.4 is 5.73 Å². The average Bonchev–Trinajstić information content (AvgIpc) is 3.20. The average molecular weight is 280 g/mol. The number of nitrogens with two attached hydrogens (primary N) is 1. The third-order valence-electron chi connectivity index (χ3n) is 4.87. The fourth-order valence-electron chi connectivity index (χ4n) is 3.42. The summed E-state index contributed by atoms with van der Waals surface area (Å²) in [5.41, 5.74) is 5.18. The number of carbonyl (C=O) groups is 3. The zero-order valence-corrected chi connectivity index (χ0v) is 11.5. The molecule has 1 saturated heterocycles. The predicted molar refractivity (Wildman–Crippen MR) is 69.7 cm³/mol. The van der Waals surface area contributed by atoms with Crippen LogP contribution in [0.4, 0.5) is 4.79 Å². The van der Waals surface area contributed by atoms with Gasteiger partial charge in [0, 0.05) is 19.0 Å². The van der Waals surface area contributed by atoms with E-state index in [0.29, 0.717) is 13.1 Å². The van der Waals surface area contributed by atoms with Gasteiger partial charge >= 0.3 is 6.09 Å². The molecule has 3 rings (SSSR count). The Labute approximate surface area is 117 Å². The van der Waals surface area contributed by atoms with E-state index in [2.05, 4.69) is 0 Å². The van der Waals surface area contributed by atoms with Crippen molar-refractivity contribution in [2.24, 2.45) is 17.1 Å². The molecule has 1 heterocycles. The number of Topliss-reactive ketones (excluding diaryl/α,β-unsaturated/α-hetero) is 1. The number of ether oxygens (including phenoxy) is 1. The highest BCUT2D eigenvalue weighted by molar-refractivity contribution is 6.37. The molecule has 0 aromatic heterocycles. The van der Waals surface area contributed by atoms with Gasteiger partial charge < -0.3 is 15.4 Å². The van der Waals surface area contributed by atoms with Crippen LogP contribution in [0, 0.1) is 11.3 Å². The van der Waals surface area contributed by atoms with Gasteiger partial charge in [0.05, 0.1) is 0 Å². The highest BCUT2D eigenvalue weighted by Crippen LogP contribution is 2.50. The number of ketones is 1. The molecular weight excluding hydrogens is 260 g/mol. The third-order valence-corrected chi connectivity index (χ3v) is 4.87. The molecule has 1 spiro atoms. The van der Waals surface area contributed by atoms with Crippen LogP contribution in [0.1, 0.15) is 38.5 Å². The number of nitrogens with zero attached hydrogens (tertiary/aromatic N) is 1. The summed E-state index contributed by atoms with van der Waals surface area (Å²) >= 11 is 0. The van der Waals surface area contributed by atoms with Crippen molar-refractivity contribution in [1.29, 1.82) is 0 Å². The number of hydrogen-bond acceptors (Lipinski definition) is 4. The van der Waals surface area contributed by atoms with Crippen molar-refractivity contribution in [2.45, 2.75) is 44.6 Å². The van der Waals surface area contributed by atoms with E-state index in [9.17, 15) is 14.4 Å². The van der Waals surface area contributed by atoms with E-state index in [1.807, 2.05) is 0 Å². The fraction of sp³-hybridized carbons (Fsp3) is 0.786. The molecule has 0 bridgehead atoms. The van der Waals surface area contributed by atoms with Gasteiger partial charge in [0.1, 0.15) is 6.10 Å². The van der Waals surface area contributed by atoms with E-state index in [4.69, 9.17) is 10.5 Å².